The van der Waals surface area contributed by atoms with Crippen LogP contribution in [0.1, 0.15) is 5.56 Å². The molecule has 1 aliphatic heterocycles. The molecule has 2 rings (SSSR count). The Labute approximate surface area is 116 Å². The number of nitrogens with zero attached hydrogens (tertiary/aromatic N) is 3. The topological polar surface area (TPSA) is 118 Å². The first-order valence-corrected chi connectivity index (χ1v) is 6.07. The summed E-state index contributed by atoms with van der Waals surface area (Å²) in [6.07, 6.45) is -0.649. The maximum atomic E-state index is 9.48. The Morgan fingerprint density at radius 3 is 2.75 bits per heavy atom. The number of phenolic OH excluding ortho intramolecular Hbond substituents is 2. The van der Waals surface area contributed by atoms with Crippen LogP contribution in [-0.2, 0) is 6.54 Å². The summed E-state index contributed by atoms with van der Waals surface area (Å²) < 4.78 is 0. The van der Waals surface area contributed by atoms with Gasteiger partial charge in [-0.1, -0.05) is 6.07 Å². The monoisotopic (exact) mass is 278 g/mol. The van der Waals surface area contributed by atoms with Crippen LogP contribution in [0, 0.1) is 0 Å². The summed E-state index contributed by atoms with van der Waals surface area (Å²) in [5.41, 5.74) is 6.54. The van der Waals surface area contributed by atoms with Crippen LogP contribution in [0.4, 0.5) is 0 Å². The molecule has 0 bridgehead atoms. The average Bonchev–Trinajstić information content (AvgIpc) is 2.42. The fourth-order valence-corrected chi connectivity index (χ4v) is 1.79. The van der Waals surface area contributed by atoms with Gasteiger partial charge >= 0.3 is 0 Å². The van der Waals surface area contributed by atoms with Crippen molar-refractivity contribution in [3.8, 4) is 11.5 Å². The Morgan fingerprint density at radius 1 is 1.35 bits per heavy atom. The van der Waals surface area contributed by atoms with Crippen LogP contribution >= 0.6 is 0 Å². The molecule has 8 heteroatoms. The van der Waals surface area contributed by atoms with E-state index in [-0.39, 0.29) is 11.5 Å². The lowest BCUT2D eigenvalue weighted by Gasteiger charge is -2.26. The van der Waals surface area contributed by atoms with Crippen molar-refractivity contribution < 1.29 is 10.2 Å². The number of guanidine groups is 2. The molecule has 0 radical (unpaired) electrons. The number of hydrogen-bond donors (Lipinski definition) is 5. The molecule has 1 aromatic rings. The molecule has 1 unspecified atom stereocenters. The second kappa shape index (κ2) is 5.66. The van der Waals surface area contributed by atoms with Crippen molar-refractivity contribution >= 4 is 11.9 Å². The molecule has 1 aliphatic rings. The van der Waals surface area contributed by atoms with E-state index in [0.29, 0.717) is 18.5 Å². The van der Waals surface area contributed by atoms with E-state index < -0.39 is 6.29 Å². The van der Waals surface area contributed by atoms with Gasteiger partial charge in [-0.05, 0) is 17.7 Å². The number of nitrogens with two attached hydrogens (primary N) is 1. The molecule has 8 nitrogen and oxygen atoms in total. The first kappa shape index (κ1) is 13.9. The van der Waals surface area contributed by atoms with Gasteiger partial charge in [0.2, 0.25) is 11.9 Å². The number of hydrogen-bond acceptors (Lipinski definition) is 8. The van der Waals surface area contributed by atoms with Crippen LogP contribution in [0.15, 0.2) is 28.2 Å². The number of rotatable bonds is 2. The van der Waals surface area contributed by atoms with E-state index in [1.165, 1.54) is 12.1 Å². The van der Waals surface area contributed by atoms with E-state index in [0.717, 1.165) is 5.56 Å². The van der Waals surface area contributed by atoms with Crippen molar-refractivity contribution in [1.29, 1.82) is 0 Å². The van der Waals surface area contributed by atoms with Gasteiger partial charge in [0.1, 0.15) is 0 Å². The van der Waals surface area contributed by atoms with E-state index in [1.54, 1.807) is 13.1 Å². The summed E-state index contributed by atoms with van der Waals surface area (Å²) >= 11 is 0. The van der Waals surface area contributed by atoms with Gasteiger partial charge in [-0.2, -0.15) is 0 Å². The minimum Gasteiger partial charge on any atom is -0.504 e. The first-order valence-electron chi connectivity index (χ1n) is 6.07. The summed E-state index contributed by atoms with van der Waals surface area (Å²) in [5.74, 6) is 0.826. The standard InChI is InChI=1S/C12H18N6O2/c1-14-11-15-10(13)16-12(17-11)18(2)6-7-3-4-8(19)9(20)5-7/h3-5,10,19-20H,6,13H2,1-2H3,(H2,14,15,16,17). The van der Waals surface area contributed by atoms with Gasteiger partial charge in [-0.3, -0.25) is 11.1 Å². The summed E-state index contributed by atoms with van der Waals surface area (Å²) in [7, 11) is 3.57. The maximum Gasteiger partial charge on any atom is 0.204 e. The molecule has 6 N–H and O–H groups in total. The molecule has 0 saturated heterocycles. The average molecular weight is 278 g/mol. The van der Waals surface area contributed by atoms with E-state index in [2.05, 4.69) is 20.6 Å². The number of aromatic hydroxyl groups is 2. The smallest absolute Gasteiger partial charge is 0.204 e. The summed E-state index contributed by atoms with van der Waals surface area (Å²) in [4.78, 5) is 10.1. The lowest BCUT2D eigenvalue weighted by Crippen LogP contribution is -2.50. The quantitative estimate of drug-likeness (QED) is 0.457. The molecule has 0 aromatic heterocycles. The highest BCUT2D eigenvalue weighted by molar-refractivity contribution is 5.99. The predicted molar refractivity (Wildman–Crippen MR) is 76.3 cm³/mol. The maximum absolute atomic E-state index is 9.48. The minimum atomic E-state index is -0.649. The third-order valence-corrected chi connectivity index (χ3v) is 2.80. The second-order valence-electron chi connectivity index (χ2n) is 4.40. The van der Waals surface area contributed by atoms with Crippen LogP contribution in [-0.4, -0.2) is 47.4 Å². The third kappa shape index (κ3) is 3.09. The lowest BCUT2D eigenvalue weighted by molar-refractivity contribution is 0.401. The van der Waals surface area contributed by atoms with E-state index in [4.69, 9.17) is 5.73 Å². The SMILES string of the molecule is CNC1=NC(N)N=C(N(C)Cc2ccc(O)c(O)c2)N1. The van der Waals surface area contributed by atoms with Crippen molar-refractivity contribution in [2.24, 2.45) is 15.7 Å². The molecule has 0 spiro atoms. The fourth-order valence-electron chi connectivity index (χ4n) is 1.79. The van der Waals surface area contributed by atoms with Crippen molar-refractivity contribution in [2.45, 2.75) is 12.8 Å². The lowest BCUT2D eigenvalue weighted by atomic mass is 10.2. The Morgan fingerprint density at radius 2 is 2.10 bits per heavy atom. The van der Waals surface area contributed by atoms with Gasteiger partial charge in [-0.25, -0.2) is 9.98 Å². The molecular formula is C12H18N6O2. The van der Waals surface area contributed by atoms with Crippen LogP contribution in [0.3, 0.4) is 0 Å². The Hall–Kier alpha value is -2.48. The minimum absolute atomic E-state index is 0.142. The summed E-state index contributed by atoms with van der Waals surface area (Å²) in [5, 5.41) is 24.7. The largest absolute Gasteiger partial charge is 0.504 e. The van der Waals surface area contributed by atoms with Gasteiger partial charge in [0.05, 0.1) is 0 Å². The normalized spacial score (nSPS) is 17.9. The zero-order chi connectivity index (χ0) is 14.7. The van der Waals surface area contributed by atoms with Crippen LogP contribution in [0.5, 0.6) is 11.5 Å². The Kier molecular flexibility index (Phi) is 3.94. The fraction of sp³-hybridized carbons (Fsp3) is 0.333. The number of benzene rings is 1. The van der Waals surface area contributed by atoms with Gasteiger partial charge in [0, 0.05) is 20.6 Å². The van der Waals surface area contributed by atoms with Gasteiger partial charge in [0.15, 0.2) is 17.8 Å². The predicted octanol–water partition coefficient (Wildman–Crippen LogP) is -0.693. The Bertz CT molecular complexity index is 557. The third-order valence-electron chi connectivity index (χ3n) is 2.80. The molecule has 0 fully saturated rings. The Balaban J connectivity index is 2.08. The van der Waals surface area contributed by atoms with Crippen molar-refractivity contribution in [3.05, 3.63) is 23.8 Å². The van der Waals surface area contributed by atoms with Crippen molar-refractivity contribution in [1.82, 2.24) is 15.5 Å². The van der Waals surface area contributed by atoms with Gasteiger partial charge in [-0.15, -0.1) is 0 Å². The molecule has 0 amide bonds. The number of phenols is 2. The molecule has 0 saturated carbocycles. The molecular weight excluding hydrogens is 260 g/mol. The first-order chi connectivity index (χ1) is 9.49. The zero-order valence-electron chi connectivity index (χ0n) is 11.3. The number of nitrogens with one attached hydrogen (secondary N) is 2. The highest BCUT2D eigenvalue weighted by Gasteiger charge is 2.16. The summed E-state index contributed by atoms with van der Waals surface area (Å²) in [6.45, 7) is 0.489. The van der Waals surface area contributed by atoms with Crippen molar-refractivity contribution in [2.75, 3.05) is 14.1 Å². The second-order valence-corrected chi connectivity index (χ2v) is 4.40. The summed E-state index contributed by atoms with van der Waals surface area (Å²) in [6, 6.07) is 4.67. The molecule has 1 heterocycles. The van der Waals surface area contributed by atoms with Gasteiger partial charge in [0.25, 0.3) is 0 Å². The van der Waals surface area contributed by atoms with E-state index in [1.807, 2.05) is 11.9 Å². The molecule has 20 heavy (non-hydrogen) atoms. The molecule has 108 valence electrons. The van der Waals surface area contributed by atoms with Crippen LogP contribution < -0.4 is 16.4 Å². The van der Waals surface area contributed by atoms with Crippen LogP contribution in [0.2, 0.25) is 0 Å². The van der Waals surface area contributed by atoms with E-state index in [9.17, 15) is 10.2 Å². The van der Waals surface area contributed by atoms with Crippen LogP contribution in [0.25, 0.3) is 0 Å². The van der Waals surface area contributed by atoms with E-state index >= 15 is 0 Å². The molecule has 1 atom stereocenters. The molecule has 1 aromatic carbocycles. The highest BCUT2D eigenvalue weighted by atomic mass is 16.3. The van der Waals surface area contributed by atoms with Gasteiger partial charge < -0.3 is 20.4 Å². The number of aliphatic imine (C=N–C) groups is 2. The van der Waals surface area contributed by atoms with Crippen molar-refractivity contribution in [3.63, 3.8) is 0 Å². The zero-order valence-corrected chi connectivity index (χ0v) is 11.3. The highest BCUT2D eigenvalue weighted by Crippen LogP contribution is 2.25. The molecule has 0 aliphatic carbocycles.